The molecule has 82 valence electrons. The van der Waals surface area contributed by atoms with Crippen molar-refractivity contribution in [1.29, 1.82) is 0 Å². The molecule has 0 unspecified atom stereocenters. The van der Waals surface area contributed by atoms with Gasteiger partial charge in [-0.15, -0.1) is 0 Å². The molecular weight excluding hydrogens is 230 g/mol. The maximum Gasteiger partial charge on any atom is 0.224 e. The van der Waals surface area contributed by atoms with E-state index in [1.54, 1.807) is 29.3 Å². The van der Waals surface area contributed by atoms with E-state index >= 15 is 0 Å². The number of nitrogens with zero attached hydrogens (tertiary/aromatic N) is 5. The van der Waals surface area contributed by atoms with Crippen molar-refractivity contribution in [2.45, 2.75) is 6.42 Å². The van der Waals surface area contributed by atoms with E-state index in [1.165, 1.54) is 0 Å². The fourth-order valence-corrected chi connectivity index (χ4v) is 1.39. The fraction of sp³-hybridized carbons (Fsp3) is 0.222. The van der Waals surface area contributed by atoms with Crippen LogP contribution in [0.5, 0.6) is 0 Å². The molecule has 2 aromatic rings. The Morgan fingerprint density at radius 2 is 2.38 bits per heavy atom. The van der Waals surface area contributed by atoms with Gasteiger partial charge in [0, 0.05) is 18.5 Å². The minimum Gasteiger partial charge on any atom is -0.226 e. The Morgan fingerprint density at radius 1 is 1.50 bits per heavy atom. The summed E-state index contributed by atoms with van der Waals surface area (Å²) in [5.41, 5.74) is 0.925. The van der Waals surface area contributed by atoms with Crippen molar-refractivity contribution in [3.63, 3.8) is 0 Å². The lowest BCUT2D eigenvalue weighted by molar-refractivity contribution is 0.838. The van der Waals surface area contributed by atoms with Crippen LogP contribution < -0.4 is 0 Å². The molecule has 2 heterocycles. The average molecular weight is 238 g/mol. The van der Waals surface area contributed by atoms with E-state index in [2.05, 4.69) is 20.2 Å². The summed E-state index contributed by atoms with van der Waals surface area (Å²) in [6.45, 7) is 0.246. The molecule has 0 N–H and O–H groups in total. The summed E-state index contributed by atoms with van der Waals surface area (Å²) >= 11 is 5.67. The number of hydrogen-bond acceptors (Lipinski definition) is 5. The Balaban J connectivity index is 2.21. The minimum atomic E-state index is 0.170. The molecule has 6 nitrogen and oxygen atoms in total. The molecule has 0 spiro atoms. The van der Waals surface area contributed by atoms with Crippen molar-refractivity contribution < 1.29 is 0 Å². The van der Waals surface area contributed by atoms with Crippen LogP contribution in [0.4, 0.5) is 0 Å². The number of nitroso groups, excluding NO2 is 1. The summed E-state index contributed by atoms with van der Waals surface area (Å²) in [6.07, 6.45) is 5.58. The summed E-state index contributed by atoms with van der Waals surface area (Å²) in [4.78, 5) is 17.8. The summed E-state index contributed by atoms with van der Waals surface area (Å²) in [6, 6.07) is 1.70. The first-order valence-corrected chi connectivity index (χ1v) is 4.99. The maximum atomic E-state index is 9.98. The maximum absolute atomic E-state index is 9.98. The molecule has 0 aromatic carbocycles. The molecule has 0 aliphatic carbocycles. The van der Waals surface area contributed by atoms with Crippen LogP contribution in [-0.4, -0.2) is 26.3 Å². The quantitative estimate of drug-likeness (QED) is 0.598. The average Bonchev–Trinajstić information content (AvgIpc) is 2.75. The topological polar surface area (TPSA) is 73.0 Å². The number of halogens is 1. The normalized spacial score (nSPS) is 10.3. The summed E-state index contributed by atoms with van der Waals surface area (Å²) in [5, 5.41) is 7.07. The van der Waals surface area contributed by atoms with Gasteiger partial charge in [-0.05, 0) is 23.6 Å². The van der Waals surface area contributed by atoms with Gasteiger partial charge in [0.1, 0.15) is 0 Å². The van der Waals surface area contributed by atoms with E-state index < -0.39 is 0 Å². The molecule has 0 aliphatic heterocycles. The van der Waals surface area contributed by atoms with Crippen LogP contribution >= 0.6 is 11.6 Å². The monoisotopic (exact) mass is 237 g/mol. The smallest absolute Gasteiger partial charge is 0.224 e. The Hall–Kier alpha value is -1.82. The molecule has 7 heteroatoms. The van der Waals surface area contributed by atoms with Crippen LogP contribution in [0.15, 0.2) is 29.8 Å². The Morgan fingerprint density at radius 3 is 3.12 bits per heavy atom. The Kier molecular flexibility index (Phi) is 3.21. The lowest BCUT2D eigenvalue weighted by atomic mass is 10.3. The Bertz CT molecular complexity index is 498. The highest BCUT2D eigenvalue weighted by Crippen LogP contribution is 2.08. The van der Waals surface area contributed by atoms with E-state index in [0.717, 1.165) is 5.56 Å². The lowest BCUT2D eigenvalue weighted by Gasteiger charge is -1.98. The van der Waals surface area contributed by atoms with Crippen molar-refractivity contribution in [2.75, 3.05) is 6.54 Å². The Labute approximate surface area is 96.3 Å². The minimum absolute atomic E-state index is 0.170. The molecular formula is C9H8ClN5O. The van der Waals surface area contributed by atoms with Gasteiger partial charge in [0.15, 0.2) is 5.82 Å². The zero-order valence-electron chi connectivity index (χ0n) is 8.25. The zero-order chi connectivity index (χ0) is 11.4. The second-order valence-corrected chi connectivity index (χ2v) is 3.42. The van der Waals surface area contributed by atoms with Gasteiger partial charge in [-0.1, -0.05) is 5.18 Å². The van der Waals surface area contributed by atoms with Gasteiger partial charge < -0.3 is 0 Å². The van der Waals surface area contributed by atoms with Crippen molar-refractivity contribution in [3.8, 4) is 5.82 Å². The van der Waals surface area contributed by atoms with Gasteiger partial charge in [-0.3, -0.25) is 0 Å². The zero-order valence-corrected chi connectivity index (χ0v) is 9.00. The predicted octanol–water partition coefficient (Wildman–Crippen LogP) is 1.62. The van der Waals surface area contributed by atoms with E-state index in [1.807, 2.05) is 0 Å². The first-order chi connectivity index (χ1) is 7.79. The third kappa shape index (κ3) is 2.40. The van der Waals surface area contributed by atoms with Crippen LogP contribution in [0, 0.1) is 4.91 Å². The van der Waals surface area contributed by atoms with Crippen LogP contribution in [0.3, 0.4) is 0 Å². The highest BCUT2D eigenvalue weighted by Gasteiger charge is 2.03. The molecule has 0 saturated carbocycles. The second kappa shape index (κ2) is 4.80. The largest absolute Gasteiger partial charge is 0.226 e. The van der Waals surface area contributed by atoms with E-state index in [0.29, 0.717) is 12.2 Å². The molecule has 0 radical (unpaired) electrons. The second-order valence-electron chi connectivity index (χ2n) is 3.08. The van der Waals surface area contributed by atoms with Gasteiger partial charge in [-0.2, -0.15) is 15.0 Å². The first kappa shape index (κ1) is 10.7. The molecule has 0 fully saturated rings. The van der Waals surface area contributed by atoms with Crippen molar-refractivity contribution in [3.05, 3.63) is 40.4 Å². The highest BCUT2D eigenvalue weighted by molar-refractivity contribution is 6.28. The molecule has 0 bridgehead atoms. The van der Waals surface area contributed by atoms with E-state index in [4.69, 9.17) is 11.6 Å². The lowest BCUT2D eigenvalue weighted by Crippen LogP contribution is -1.98. The molecule has 16 heavy (non-hydrogen) atoms. The summed E-state index contributed by atoms with van der Waals surface area (Å²) in [5.74, 6) is 0.588. The van der Waals surface area contributed by atoms with E-state index in [-0.39, 0.29) is 11.8 Å². The third-order valence-corrected chi connectivity index (χ3v) is 2.16. The molecule has 0 amide bonds. The predicted molar refractivity (Wildman–Crippen MR) is 58.5 cm³/mol. The number of aromatic nitrogens is 4. The molecule has 2 aromatic heterocycles. The van der Waals surface area contributed by atoms with Crippen molar-refractivity contribution in [1.82, 2.24) is 19.7 Å². The van der Waals surface area contributed by atoms with Gasteiger partial charge in [0.2, 0.25) is 5.28 Å². The molecule has 0 atom stereocenters. The first-order valence-electron chi connectivity index (χ1n) is 4.61. The SMILES string of the molecule is O=NCCc1cnn(-c2ccnc(Cl)n2)c1. The van der Waals surface area contributed by atoms with Gasteiger partial charge >= 0.3 is 0 Å². The summed E-state index contributed by atoms with van der Waals surface area (Å²) in [7, 11) is 0. The van der Waals surface area contributed by atoms with Crippen LogP contribution in [0.1, 0.15) is 5.56 Å². The van der Waals surface area contributed by atoms with E-state index in [9.17, 15) is 4.91 Å². The molecule has 0 saturated heterocycles. The fourth-order valence-electron chi connectivity index (χ4n) is 1.24. The molecule has 2 rings (SSSR count). The highest BCUT2D eigenvalue weighted by atomic mass is 35.5. The van der Waals surface area contributed by atoms with Crippen molar-refractivity contribution >= 4 is 11.6 Å². The van der Waals surface area contributed by atoms with Crippen LogP contribution in [0.2, 0.25) is 5.28 Å². The number of rotatable bonds is 4. The van der Waals surface area contributed by atoms with Gasteiger partial charge in [0.05, 0.1) is 12.7 Å². The molecule has 0 aliphatic rings. The van der Waals surface area contributed by atoms with Gasteiger partial charge in [-0.25, -0.2) is 9.67 Å². The number of hydrogen-bond donors (Lipinski definition) is 0. The third-order valence-electron chi connectivity index (χ3n) is 1.97. The standard InChI is InChI=1S/C9H8ClN5O/c10-9-11-3-2-8(14-9)15-6-7(5-12-15)1-4-13-16/h2-3,5-6H,1,4H2. The van der Waals surface area contributed by atoms with Crippen LogP contribution in [-0.2, 0) is 6.42 Å². The summed E-state index contributed by atoms with van der Waals surface area (Å²) < 4.78 is 1.58. The van der Waals surface area contributed by atoms with Gasteiger partial charge in [0.25, 0.3) is 0 Å². The van der Waals surface area contributed by atoms with Crippen LogP contribution in [0.25, 0.3) is 5.82 Å². The van der Waals surface area contributed by atoms with Crippen molar-refractivity contribution in [2.24, 2.45) is 5.18 Å².